The molecule has 1 saturated carbocycles. The molecule has 0 bridgehead atoms. The Labute approximate surface area is 127 Å². The molecule has 1 aliphatic carbocycles. The van der Waals surface area contributed by atoms with Crippen LogP contribution in [0.2, 0.25) is 10.0 Å². The summed E-state index contributed by atoms with van der Waals surface area (Å²) in [6.07, 6.45) is 0.733. The van der Waals surface area contributed by atoms with E-state index in [1.165, 1.54) is 7.11 Å². The number of carbonyl (C=O) groups excluding carboxylic acids is 2. The summed E-state index contributed by atoms with van der Waals surface area (Å²) >= 11 is 11.9. The van der Waals surface area contributed by atoms with Crippen molar-refractivity contribution in [1.82, 2.24) is 5.32 Å². The summed E-state index contributed by atoms with van der Waals surface area (Å²) < 4.78 is 4.57. The van der Waals surface area contributed by atoms with Crippen LogP contribution in [0.25, 0.3) is 0 Å². The molecule has 0 spiro atoms. The highest BCUT2D eigenvalue weighted by Crippen LogP contribution is 2.48. The minimum Gasteiger partial charge on any atom is -0.467 e. The lowest BCUT2D eigenvalue weighted by molar-refractivity contribution is -0.144. The van der Waals surface area contributed by atoms with Crippen LogP contribution in [0.1, 0.15) is 24.8 Å². The molecule has 6 heteroatoms. The van der Waals surface area contributed by atoms with Gasteiger partial charge in [-0.1, -0.05) is 23.2 Å². The molecule has 0 saturated heterocycles. The Morgan fingerprint density at radius 3 is 2.45 bits per heavy atom. The lowest BCUT2D eigenvalue weighted by Crippen LogP contribution is -2.40. The van der Waals surface area contributed by atoms with Crippen molar-refractivity contribution >= 4 is 35.1 Å². The van der Waals surface area contributed by atoms with Crippen LogP contribution in [0.4, 0.5) is 0 Å². The number of halogens is 2. The maximum atomic E-state index is 12.0. The van der Waals surface area contributed by atoms with E-state index in [0.29, 0.717) is 10.0 Å². The van der Waals surface area contributed by atoms with Gasteiger partial charge in [0.1, 0.15) is 6.04 Å². The summed E-state index contributed by atoms with van der Waals surface area (Å²) in [6, 6.07) is 4.64. The Hall–Kier alpha value is -1.26. The molecule has 108 valence electrons. The second-order valence-corrected chi connectivity index (χ2v) is 5.78. The van der Waals surface area contributed by atoms with Gasteiger partial charge < -0.3 is 10.1 Å². The molecule has 0 radical (unpaired) electrons. The summed E-state index contributed by atoms with van der Waals surface area (Å²) in [5.74, 6) is -0.641. The van der Waals surface area contributed by atoms with Gasteiger partial charge in [0.05, 0.1) is 7.11 Å². The van der Waals surface area contributed by atoms with E-state index in [1.807, 2.05) is 12.1 Å². The normalized spacial score (nSPS) is 22.0. The number of esters is 1. The van der Waals surface area contributed by atoms with Gasteiger partial charge in [0.2, 0.25) is 5.91 Å². The highest BCUT2D eigenvalue weighted by atomic mass is 35.5. The molecule has 1 fully saturated rings. The molecular weight excluding hydrogens is 301 g/mol. The molecule has 0 aromatic heterocycles. The van der Waals surface area contributed by atoms with Gasteiger partial charge in [-0.05, 0) is 43.0 Å². The number of ether oxygens (including phenoxy) is 1. The summed E-state index contributed by atoms with van der Waals surface area (Å²) in [7, 11) is 1.29. The first kappa shape index (κ1) is 15.1. The number of hydrogen-bond donors (Lipinski definition) is 1. The summed E-state index contributed by atoms with van der Waals surface area (Å²) in [5, 5.41) is 3.76. The first-order valence-electron chi connectivity index (χ1n) is 6.26. The minimum atomic E-state index is -0.642. The van der Waals surface area contributed by atoms with E-state index in [-0.39, 0.29) is 17.7 Å². The second-order valence-electron chi connectivity index (χ2n) is 4.90. The Morgan fingerprint density at radius 1 is 1.30 bits per heavy atom. The van der Waals surface area contributed by atoms with Crippen molar-refractivity contribution in [3.63, 3.8) is 0 Å². The van der Waals surface area contributed by atoms with Gasteiger partial charge in [0.25, 0.3) is 0 Å². The number of methoxy groups -OCH3 is 1. The number of hydrogen-bond acceptors (Lipinski definition) is 3. The Bertz CT molecular complexity index is 527. The van der Waals surface area contributed by atoms with Crippen molar-refractivity contribution in [3.05, 3.63) is 33.8 Å². The van der Waals surface area contributed by atoms with E-state index in [0.717, 1.165) is 12.0 Å². The van der Waals surface area contributed by atoms with Crippen LogP contribution in [0.3, 0.4) is 0 Å². The van der Waals surface area contributed by atoms with Gasteiger partial charge in [-0.3, -0.25) is 4.79 Å². The topological polar surface area (TPSA) is 55.4 Å². The largest absolute Gasteiger partial charge is 0.467 e. The second kappa shape index (κ2) is 6.02. The lowest BCUT2D eigenvalue weighted by Gasteiger charge is -2.11. The fourth-order valence-electron chi connectivity index (χ4n) is 2.20. The summed E-state index contributed by atoms with van der Waals surface area (Å²) in [4.78, 5) is 23.3. The van der Waals surface area contributed by atoms with E-state index in [2.05, 4.69) is 10.1 Å². The number of nitrogens with one attached hydrogen (secondary N) is 1. The molecule has 1 aromatic rings. The zero-order chi connectivity index (χ0) is 14.9. The standard InChI is InChI=1S/C14H15Cl2NO3/c1-7(14(19)20-2)17-13(18)12-6-11(12)8-3-9(15)5-10(16)4-8/h3-5,7,11-12H,6H2,1-2H3,(H,17,18). The van der Waals surface area contributed by atoms with Crippen molar-refractivity contribution < 1.29 is 14.3 Å². The van der Waals surface area contributed by atoms with E-state index >= 15 is 0 Å². The first-order chi connectivity index (χ1) is 9.42. The third-order valence-corrected chi connectivity index (χ3v) is 3.79. The third kappa shape index (κ3) is 3.44. The van der Waals surface area contributed by atoms with Gasteiger partial charge in [-0.2, -0.15) is 0 Å². The van der Waals surface area contributed by atoms with E-state index < -0.39 is 12.0 Å². The fourth-order valence-corrected chi connectivity index (χ4v) is 2.74. The van der Waals surface area contributed by atoms with Crippen molar-refractivity contribution in [2.45, 2.75) is 25.3 Å². The molecule has 0 aliphatic heterocycles. The van der Waals surface area contributed by atoms with E-state index in [1.54, 1.807) is 13.0 Å². The summed E-state index contributed by atoms with van der Waals surface area (Å²) in [6.45, 7) is 1.59. The molecule has 4 nitrogen and oxygen atoms in total. The lowest BCUT2D eigenvalue weighted by atomic mass is 10.1. The zero-order valence-corrected chi connectivity index (χ0v) is 12.7. The van der Waals surface area contributed by atoms with Crippen molar-refractivity contribution in [2.75, 3.05) is 7.11 Å². The number of carbonyl (C=O) groups is 2. The monoisotopic (exact) mass is 315 g/mol. The SMILES string of the molecule is COC(=O)C(C)NC(=O)C1CC1c1cc(Cl)cc(Cl)c1. The molecule has 1 aromatic carbocycles. The number of amides is 1. The Kier molecular flexibility index (Phi) is 4.55. The maximum Gasteiger partial charge on any atom is 0.328 e. The Morgan fingerprint density at radius 2 is 1.90 bits per heavy atom. The highest BCUT2D eigenvalue weighted by molar-refractivity contribution is 6.34. The van der Waals surface area contributed by atoms with E-state index in [4.69, 9.17) is 23.2 Å². The predicted octanol–water partition coefficient (Wildman–Crippen LogP) is 2.77. The average molecular weight is 316 g/mol. The quantitative estimate of drug-likeness (QED) is 0.869. The van der Waals surface area contributed by atoms with Crippen molar-refractivity contribution in [3.8, 4) is 0 Å². The van der Waals surface area contributed by atoms with Crippen LogP contribution in [-0.4, -0.2) is 25.0 Å². The molecule has 3 atom stereocenters. The maximum absolute atomic E-state index is 12.0. The van der Waals surface area contributed by atoms with Crippen LogP contribution in [-0.2, 0) is 14.3 Å². The van der Waals surface area contributed by atoms with Crippen LogP contribution >= 0.6 is 23.2 Å². The molecule has 1 amide bonds. The first-order valence-corrected chi connectivity index (χ1v) is 7.02. The molecule has 0 heterocycles. The molecule has 1 N–H and O–H groups in total. The smallest absolute Gasteiger partial charge is 0.328 e. The third-order valence-electron chi connectivity index (χ3n) is 3.35. The van der Waals surface area contributed by atoms with Crippen LogP contribution < -0.4 is 5.32 Å². The van der Waals surface area contributed by atoms with Gasteiger partial charge in [0.15, 0.2) is 0 Å². The predicted molar refractivity (Wildman–Crippen MR) is 76.9 cm³/mol. The molecule has 2 rings (SSSR count). The fraction of sp³-hybridized carbons (Fsp3) is 0.429. The van der Waals surface area contributed by atoms with Crippen LogP contribution in [0.5, 0.6) is 0 Å². The van der Waals surface area contributed by atoms with Gasteiger partial charge in [-0.15, -0.1) is 0 Å². The van der Waals surface area contributed by atoms with E-state index in [9.17, 15) is 9.59 Å². The van der Waals surface area contributed by atoms with Gasteiger partial charge in [-0.25, -0.2) is 4.79 Å². The van der Waals surface area contributed by atoms with Crippen LogP contribution in [0, 0.1) is 5.92 Å². The van der Waals surface area contributed by atoms with Crippen molar-refractivity contribution in [2.24, 2.45) is 5.92 Å². The number of benzene rings is 1. The zero-order valence-electron chi connectivity index (χ0n) is 11.2. The molecule has 20 heavy (non-hydrogen) atoms. The molecule has 3 unspecified atom stereocenters. The molecule has 1 aliphatic rings. The average Bonchev–Trinajstić information content (AvgIpc) is 3.16. The van der Waals surface area contributed by atoms with Gasteiger partial charge in [0, 0.05) is 16.0 Å². The highest BCUT2D eigenvalue weighted by Gasteiger charge is 2.44. The van der Waals surface area contributed by atoms with Crippen LogP contribution in [0.15, 0.2) is 18.2 Å². The molecular formula is C14H15Cl2NO3. The Balaban J connectivity index is 1.97. The van der Waals surface area contributed by atoms with Crippen molar-refractivity contribution in [1.29, 1.82) is 0 Å². The number of rotatable bonds is 4. The van der Waals surface area contributed by atoms with Gasteiger partial charge >= 0.3 is 5.97 Å². The minimum absolute atomic E-state index is 0.107. The summed E-state index contributed by atoms with van der Waals surface area (Å²) in [5.41, 5.74) is 0.952.